The van der Waals surface area contributed by atoms with Crippen LogP contribution in [0.1, 0.15) is 162 Å². The highest BCUT2D eigenvalue weighted by molar-refractivity contribution is 5.71. The maximum Gasteiger partial charge on any atom is 0.306 e. The Kier molecular flexibility index (Phi) is 42.8. The van der Waals surface area contributed by atoms with Gasteiger partial charge in [-0.1, -0.05) is 174 Å². The molecule has 0 spiro atoms. The van der Waals surface area contributed by atoms with E-state index < -0.39 is 12.1 Å². The summed E-state index contributed by atoms with van der Waals surface area (Å²) in [7, 11) is 0. The van der Waals surface area contributed by atoms with E-state index in [2.05, 4.69) is 142 Å². The first-order valence-corrected chi connectivity index (χ1v) is 22.7. The summed E-state index contributed by atoms with van der Waals surface area (Å²) in [4.78, 5) is 37.7. The van der Waals surface area contributed by atoms with Crippen molar-refractivity contribution >= 4 is 17.9 Å². The first-order chi connectivity index (χ1) is 29.0. The van der Waals surface area contributed by atoms with Gasteiger partial charge in [0, 0.05) is 19.3 Å². The second-order valence-corrected chi connectivity index (χ2v) is 14.2. The fraction of sp³-hybridized carbons (Fsp3) is 0.528. The molecule has 0 aliphatic rings. The Balaban J connectivity index is 4.59. The molecule has 0 bridgehead atoms. The standard InChI is InChI=1S/C53H80O6/c1-4-7-10-13-16-19-22-23-24-25-26-27-28-29-32-34-37-40-43-46-52(55)58-49-50(59-53(56)47-44-41-38-35-31-21-18-15-12-9-6-3)48-57-51(54)45-42-39-36-33-30-20-17-14-11-8-5-2/h7,9-10,12,14,16-21,23-24,26-27,29-30,32,35,37-38,40,50H,4-6,8,11,13,15,22,25,28,31,33-34,36,39,41-49H2,1-3H3/b10-7-,12-9-,17-14-,19-16-,21-18-,24-23-,27-26-,30-20-,32-29-,38-35-,40-37-. The molecule has 59 heavy (non-hydrogen) atoms. The molecule has 0 rings (SSSR count). The lowest BCUT2D eigenvalue weighted by Gasteiger charge is -2.18. The first kappa shape index (κ1) is 54.6. The van der Waals surface area contributed by atoms with Crippen LogP contribution in [0, 0.1) is 0 Å². The third-order valence-electron chi connectivity index (χ3n) is 8.66. The summed E-state index contributed by atoms with van der Waals surface area (Å²) in [6.45, 7) is 6.17. The third-order valence-corrected chi connectivity index (χ3v) is 8.66. The number of hydrogen-bond acceptors (Lipinski definition) is 6. The highest BCUT2D eigenvalue weighted by Gasteiger charge is 2.19. The van der Waals surface area contributed by atoms with Gasteiger partial charge >= 0.3 is 17.9 Å². The predicted molar refractivity (Wildman–Crippen MR) is 251 cm³/mol. The Morgan fingerprint density at radius 2 is 0.763 bits per heavy atom. The zero-order valence-corrected chi connectivity index (χ0v) is 37.2. The lowest BCUT2D eigenvalue weighted by Crippen LogP contribution is -2.30. The summed E-state index contributed by atoms with van der Waals surface area (Å²) in [6, 6.07) is 0. The molecule has 0 aromatic heterocycles. The monoisotopic (exact) mass is 813 g/mol. The number of carbonyl (C=O) groups excluding carboxylic acids is 3. The van der Waals surface area contributed by atoms with Gasteiger partial charge in [0.2, 0.25) is 0 Å². The number of hydrogen-bond donors (Lipinski definition) is 0. The number of unbranched alkanes of at least 4 members (excludes halogenated alkanes) is 6. The van der Waals surface area contributed by atoms with Crippen LogP contribution < -0.4 is 0 Å². The molecule has 6 nitrogen and oxygen atoms in total. The average molecular weight is 813 g/mol. The summed E-state index contributed by atoms with van der Waals surface area (Å²) >= 11 is 0. The molecule has 0 saturated heterocycles. The number of allylic oxidation sites excluding steroid dienone is 22. The lowest BCUT2D eigenvalue weighted by atomic mass is 10.1. The molecule has 0 heterocycles. The molecule has 0 radical (unpaired) electrons. The van der Waals surface area contributed by atoms with Gasteiger partial charge in [-0.2, -0.15) is 0 Å². The lowest BCUT2D eigenvalue weighted by molar-refractivity contribution is -0.166. The molecule has 0 aliphatic carbocycles. The van der Waals surface area contributed by atoms with Crippen molar-refractivity contribution in [2.45, 2.75) is 168 Å². The second-order valence-electron chi connectivity index (χ2n) is 14.2. The number of esters is 3. The Hall–Kier alpha value is -4.45. The topological polar surface area (TPSA) is 78.9 Å². The van der Waals surface area contributed by atoms with E-state index in [4.69, 9.17) is 14.2 Å². The predicted octanol–water partition coefficient (Wildman–Crippen LogP) is 14.7. The van der Waals surface area contributed by atoms with Gasteiger partial charge in [0.1, 0.15) is 13.2 Å². The van der Waals surface area contributed by atoms with Gasteiger partial charge in [0.25, 0.3) is 0 Å². The van der Waals surface area contributed by atoms with Gasteiger partial charge < -0.3 is 14.2 Å². The molecule has 0 fully saturated rings. The van der Waals surface area contributed by atoms with Crippen molar-refractivity contribution < 1.29 is 28.6 Å². The van der Waals surface area contributed by atoms with Crippen molar-refractivity contribution in [3.8, 4) is 0 Å². The average Bonchev–Trinajstić information content (AvgIpc) is 3.23. The third kappa shape index (κ3) is 44.5. The molecule has 6 heteroatoms. The first-order valence-electron chi connectivity index (χ1n) is 22.7. The molecular weight excluding hydrogens is 733 g/mol. The quantitative estimate of drug-likeness (QED) is 0.0203. The van der Waals surface area contributed by atoms with Crippen molar-refractivity contribution in [2.24, 2.45) is 0 Å². The van der Waals surface area contributed by atoms with Crippen LogP contribution in [0.3, 0.4) is 0 Å². The molecule has 1 atom stereocenters. The van der Waals surface area contributed by atoms with Gasteiger partial charge in [-0.3, -0.25) is 14.4 Å². The van der Waals surface area contributed by atoms with Crippen LogP contribution in [-0.2, 0) is 28.6 Å². The van der Waals surface area contributed by atoms with E-state index in [0.717, 1.165) is 96.3 Å². The van der Waals surface area contributed by atoms with Crippen molar-refractivity contribution in [2.75, 3.05) is 13.2 Å². The Bertz CT molecular complexity index is 1350. The van der Waals surface area contributed by atoms with E-state index >= 15 is 0 Å². The van der Waals surface area contributed by atoms with Crippen LogP contribution in [-0.4, -0.2) is 37.2 Å². The summed E-state index contributed by atoms with van der Waals surface area (Å²) in [5.41, 5.74) is 0. The second kappa shape index (κ2) is 46.2. The Labute approximate surface area is 360 Å². The zero-order valence-electron chi connectivity index (χ0n) is 37.2. The summed E-state index contributed by atoms with van der Waals surface area (Å²) in [5, 5.41) is 0. The van der Waals surface area contributed by atoms with Gasteiger partial charge in [-0.25, -0.2) is 0 Å². The minimum Gasteiger partial charge on any atom is -0.462 e. The van der Waals surface area contributed by atoms with Gasteiger partial charge in [-0.05, 0) is 103 Å². The van der Waals surface area contributed by atoms with Crippen LogP contribution in [0.2, 0.25) is 0 Å². The largest absolute Gasteiger partial charge is 0.462 e. The van der Waals surface area contributed by atoms with Crippen LogP contribution in [0.25, 0.3) is 0 Å². The van der Waals surface area contributed by atoms with Crippen LogP contribution in [0.5, 0.6) is 0 Å². The van der Waals surface area contributed by atoms with Crippen molar-refractivity contribution in [1.29, 1.82) is 0 Å². The van der Waals surface area contributed by atoms with Gasteiger partial charge in [0.15, 0.2) is 6.10 Å². The van der Waals surface area contributed by atoms with Crippen LogP contribution in [0.15, 0.2) is 134 Å². The van der Waals surface area contributed by atoms with Crippen molar-refractivity contribution in [3.05, 3.63) is 134 Å². The summed E-state index contributed by atoms with van der Waals surface area (Å²) in [5.74, 6) is -1.13. The highest BCUT2D eigenvalue weighted by Crippen LogP contribution is 2.09. The van der Waals surface area contributed by atoms with Gasteiger partial charge in [-0.15, -0.1) is 0 Å². The smallest absolute Gasteiger partial charge is 0.306 e. The number of ether oxygens (including phenoxy) is 3. The fourth-order valence-electron chi connectivity index (χ4n) is 5.29. The Morgan fingerprint density at radius 1 is 0.373 bits per heavy atom. The molecule has 0 aromatic carbocycles. The molecule has 0 aliphatic heterocycles. The fourth-order valence-corrected chi connectivity index (χ4v) is 5.29. The van der Waals surface area contributed by atoms with E-state index in [-0.39, 0.29) is 38.0 Å². The molecule has 0 amide bonds. The normalized spacial score (nSPS) is 13.3. The van der Waals surface area contributed by atoms with Crippen LogP contribution >= 0.6 is 0 Å². The molecular formula is C53H80O6. The summed E-state index contributed by atoms with van der Waals surface area (Å²) < 4.78 is 16.5. The molecule has 0 saturated carbocycles. The Morgan fingerprint density at radius 3 is 1.24 bits per heavy atom. The highest BCUT2D eigenvalue weighted by atomic mass is 16.6. The minimum absolute atomic E-state index is 0.141. The molecule has 1 unspecified atom stereocenters. The van der Waals surface area contributed by atoms with Crippen molar-refractivity contribution in [1.82, 2.24) is 0 Å². The maximum absolute atomic E-state index is 12.7. The molecule has 328 valence electrons. The van der Waals surface area contributed by atoms with Crippen molar-refractivity contribution in [3.63, 3.8) is 0 Å². The van der Waals surface area contributed by atoms with E-state index in [1.165, 1.54) is 12.8 Å². The zero-order chi connectivity index (χ0) is 43.0. The summed E-state index contributed by atoms with van der Waals surface area (Å²) in [6.07, 6.45) is 64.6. The maximum atomic E-state index is 12.7. The number of carbonyl (C=O) groups is 3. The number of rotatable bonds is 38. The van der Waals surface area contributed by atoms with E-state index in [9.17, 15) is 14.4 Å². The SMILES string of the molecule is CC/C=C\C/C=C\C/C=C\C/C=C\C/C=C\C/C=C\CCC(=O)OCC(COC(=O)CCCCC/C=C\C=C/CCCC)OC(=O)CCC/C=C\C/C=C\C/C=C\CC. The van der Waals surface area contributed by atoms with E-state index in [0.29, 0.717) is 19.3 Å². The molecule has 0 aromatic rings. The van der Waals surface area contributed by atoms with Gasteiger partial charge in [0.05, 0.1) is 0 Å². The van der Waals surface area contributed by atoms with E-state index in [1.807, 2.05) is 12.2 Å². The molecule has 0 N–H and O–H groups in total. The van der Waals surface area contributed by atoms with Crippen LogP contribution in [0.4, 0.5) is 0 Å². The van der Waals surface area contributed by atoms with E-state index in [1.54, 1.807) is 0 Å². The minimum atomic E-state index is -0.848.